The summed E-state index contributed by atoms with van der Waals surface area (Å²) in [6.07, 6.45) is 0.652. The zero-order chi connectivity index (χ0) is 16.3. The van der Waals surface area contributed by atoms with Crippen LogP contribution in [0.25, 0.3) is 0 Å². The van der Waals surface area contributed by atoms with Gasteiger partial charge in [-0.3, -0.25) is 0 Å². The number of halogens is 3. The molecule has 2 N–H and O–H groups in total. The molecule has 2 heterocycles. The third-order valence-corrected chi connectivity index (χ3v) is 3.82. The molecule has 1 unspecified atom stereocenters. The molecule has 0 aromatic carbocycles. The van der Waals surface area contributed by atoms with Gasteiger partial charge in [0.2, 0.25) is 11.8 Å². The average Bonchev–Trinajstić information content (AvgIpc) is 3.01. The van der Waals surface area contributed by atoms with Crippen LogP contribution in [0.4, 0.5) is 10.1 Å². The molecule has 9 heteroatoms. The lowest BCUT2D eigenvalue weighted by atomic mass is 10.2. The van der Waals surface area contributed by atoms with Crippen molar-refractivity contribution < 1.29 is 23.4 Å². The summed E-state index contributed by atoms with van der Waals surface area (Å²) >= 11 is 11.4. The number of nitrogens with two attached hydrogens (primary N) is 1. The van der Waals surface area contributed by atoms with Gasteiger partial charge in [0.1, 0.15) is 16.7 Å². The van der Waals surface area contributed by atoms with Crippen molar-refractivity contribution in [3.63, 3.8) is 0 Å². The topological polar surface area (TPSA) is 83.7 Å². The van der Waals surface area contributed by atoms with Crippen LogP contribution < -0.4 is 10.5 Å². The maximum Gasteiger partial charge on any atom is 0.347 e. The monoisotopic (exact) mass is 352 g/mol. The van der Waals surface area contributed by atoms with Crippen LogP contribution in [0.15, 0.2) is 0 Å². The van der Waals surface area contributed by atoms with E-state index in [1.165, 1.54) is 6.92 Å². The molecule has 1 saturated heterocycles. The summed E-state index contributed by atoms with van der Waals surface area (Å²) in [5.41, 5.74) is 5.32. The summed E-state index contributed by atoms with van der Waals surface area (Å²) in [6.45, 7) is 2.24. The molecule has 2 atom stereocenters. The lowest BCUT2D eigenvalue weighted by molar-refractivity contribution is -0.154. The number of ether oxygens (including phenoxy) is 3. The van der Waals surface area contributed by atoms with Gasteiger partial charge in [-0.2, -0.15) is 9.37 Å². The summed E-state index contributed by atoms with van der Waals surface area (Å²) in [5.74, 6) is -1.98. The van der Waals surface area contributed by atoms with Crippen molar-refractivity contribution in [2.24, 2.45) is 0 Å². The van der Waals surface area contributed by atoms with Crippen molar-refractivity contribution in [2.75, 3.05) is 18.9 Å². The second kappa shape index (κ2) is 7.30. The minimum atomic E-state index is -1.04. The minimum absolute atomic E-state index is 0.0958. The quantitative estimate of drug-likeness (QED) is 0.647. The van der Waals surface area contributed by atoms with Crippen LogP contribution in [0, 0.1) is 5.95 Å². The van der Waals surface area contributed by atoms with Gasteiger partial charge in [-0.05, 0) is 19.8 Å². The van der Waals surface area contributed by atoms with Crippen LogP contribution in [0.5, 0.6) is 5.88 Å². The average molecular weight is 353 g/mol. The summed E-state index contributed by atoms with van der Waals surface area (Å²) in [6, 6.07) is 0. The van der Waals surface area contributed by atoms with Crippen molar-refractivity contribution in [1.82, 2.24) is 4.98 Å². The molecule has 0 spiro atoms. The fraction of sp³-hybridized carbons (Fsp3) is 0.538. The molecular formula is C13H15Cl2FN2O4. The lowest BCUT2D eigenvalue weighted by Crippen LogP contribution is -2.29. The van der Waals surface area contributed by atoms with Crippen LogP contribution in [-0.2, 0) is 14.3 Å². The lowest BCUT2D eigenvalue weighted by Gasteiger charge is -2.16. The number of pyridine rings is 1. The zero-order valence-corrected chi connectivity index (χ0v) is 13.3. The molecule has 22 heavy (non-hydrogen) atoms. The number of hydrogen-bond donors (Lipinski definition) is 1. The zero-order valence-electron chi connectivity index (χ0n) is 11.8. The first-order valence-corrected chi connectivity index (χ1v) is 7.40. The van der Waals surface area contributed by atoms with Gasteiger partial charge in [0.15, 0.2) is 6.10 Å². The highest BCUT2D eigenvalue weighted by molar-refractivity contribution is 6.39. The number of carbonyl (C=O) groups excluding carboxylic acids is 1. The van der Waals surface area contributed by atoms with Crippen molar-refractivity contribution >= 4 is 34.9 Å². The Morgan fingerprint density at radius 2 is 2.27 bits per heavy atom. The Morgan fingerprint density at radius 1 is 1.55 bits per heavy atom. The van der Waals surface area contributed by atoms with Crippen LogP contribution in [0.3, 0.4) is 0 Å². The number of hydrogen-bond acceptors (Lipinski definition) is 6. The molecule has 122 valence electrons. The predicted octanol–water partition coefficient (Wildman–Crippen LogP) is 2.60. The first-order chi connectivity index (χ1) is 10.4. The smallest absolute Gasteiger partial charge is 0.347 e. The van der Waals surface area contributed by atoms with Crippen molar-refractivity contribution in [3.8, 4) is 5.88 Å². The van der Waals surface area contributed by atoms with Gasteiger partial charge in [0, 0.05) is 6.61 Å². The summed E-state index contributed by atoms with van der Waals surface area (Å²) in [7, 11) is 0. The number of carbonyl (C=O) groups is 1. The molecule has 0 radical (unpaired) electrons. The third-order valence-electron chi connectivity index (χ3n) is 3.10. The number of rotatable bonds is 5. The molecule has 0 amide bonds. The molecule has 0 bridgehead atoms. The number of aromatic nitrogens is 1. The van der Waals surface area contributed by atoms with E-state index >= 15 is 0 Å². The van der Waals surface area contributed by atoms with Gasteiger partial charge in [0.25, 0.3) is 0 Å². The van der Waals surface area contributed by atoms with Crippen molar-refractivity contribution in [3.05, 3.63) is 16.0 Å². The second-order valence-corrected chi connectivity index (χ2v) is 5.53. The van der Waals surface area contributed by atoms with E-state index in [1.54, 1.807) is 0 Å². The van der Waals surface area contributed by atoms with Crippen LogP contribution in [-0.4, -0.2) is 36.4 Å². The van der Waals surface area contributed by atoms with Crippen molar-refractivity contribution in [2.45, 2.75) is 32.0 Å². The third kappa shape index (κ3) is 3.91. The molecule has 0 aliphatic carbocycles. The molecular weight excluding hydrogens is 338 g/mol. The number of anilines is 1. The first kappa shape index (κ1) is 17.1. The molecule has 2 rings (SSSR count). The summed E-state index contributed by atoms with van der Waals surface area (Å²) in [5, 5.41) is -0.559. The maximum atomic E-state index is 13.4. The molecule has 6 nitrogen and oxygen atoms in total. The highest BCUT2D eigenvalue weighted by atomic mass is 35.5. The SMILES string of the molecule is C[C@@H](Oc1nc(F)c(Cl)c(N)c1Cl)C(=O)OCC1CCCO1. The predicted molar refractivity (Wildman–Crippen MR) is 78.7 cm³/mol. The maximum absolute atomic E-state index is 13.4. The van der Waals surface area contributed by atoms with E-state index in [-0.39, 0.29) is 29.3 Å². The van der Waals surface area contributed by atoms with Crippen LogP contribution in [0.2, 0.25) is 10.0 Å². The van der Waals surface area contributed by atoms with E-state index in [9.17, 15) is 9.18 Å². The molecule has 1 aliphatic heterocycles. The van der Waals surface area contributed by atoms with E-state index in [4.69, 9.17) is 43.1 Å². The van der Waals surface area contributed by atoms with Gasteiger partial charge in [-0.25, -0.2) is 4.79 Å². The Hall–Kier alpha value is -1.31. The first-order valence-electron chi connectivity index (χ1n) is 6.65. The molecule has 1 aromatic heterocycles. The fourth-order valence-electron chi connectivity index (χ4n) is 1.87. The Morgan fingerprint density at radius 3 is 2.91 bits per heavy atom. The van der Waals surface area contributed by atoms with E-state index in [0.29, 0.717) is 6.61 Å². The normalized spacial score (nSPS) is 19.0. The number of nitrogens with zero attached hydrogens (tertiary/aromatic N) is 1. The summed E-state index contributed by atoms with van der Waals surface area (Å²) < 4.78 is 29.0. The van der Waals surface area contributed by atoms with E-state index in [1.807, 2.05) is 0 Å². The highest BCUT2D eigenvalue weighted by Crippen LogP contribution is 2.35. The van der Waals surface area contributed by atoms with E-state index < -0.39 is 23.0 Å². The number of esters is 1. The Balaban J connectivity index is 1.96. The van der Waals surface area contributed by atoms with E-state index in [0.717, 1.165) is 12.8 Å². The van der Waals surface area contributed by atoms with Crippen LogP contribution >= 0.6 is 23.2 Å². The van der Waals surface area contributed by atoms with Crippen LogP contribution in [0.1, 0.15) is 19.8 Å². The van der Waals surface area contributed by atoms with E-state index in [2.05, 4.69) is 4.98 Å². The van der Waals surface area contributed by atoms with Gasteiger partial charge in [-0.15, -0.1) is 0 Å². The molecule has 1 fully saturated rings. The number of nitrogen functional groups attached to an aromatic ring is 1. The molecule has 0 saturated carbocycles. The highest BCUT2D eigenvalue weighted by Gasteiger charge is 2.24. The molecule has 1 aromatic rings. The Labute approximate surface area is 136 Å². The van der Waals surface area contributed by atoms with Gasteiger partial charge in [-0.1, -0.05) is 23.2 Å². The Bertz CT molecular complexity index is 567. The molecule has 1 aliphatic rings. The summed E-state index contributed by atoms with van der Waals surface area (Å²) in [4.78, 5) is 15.3. The minimum Gasteiger partial charge on any atom is -0.461 e. The Kier molecular flexibility index (Phi) is 5.66. The standard InChI is InChI=1S/C13H15Cl2FN2O4/c1-6(13(19)21-5-7-3-2-4-20-7)22-12-9(15)10(17)8(14)11(16)18-12/h6-7H,2-5H2,1H3,(H2,17,18)/t6-,7?/m1/s1. The van der Waals surface area contributed by atoms with Gasteiger partial charge < -0.3 is 19.9 Å². The fourth-order valence-corrected chi connectivity index (χ4v) is 2.24. The van der Waals surface area contributed by atoms with Crippen molar-refractivity contribution in [1.29, 1.82) is 0 Å². The largest absolute Gasteiger partial charge is 0.461 e. The van der Waals surface area contributed by atoms with Gasteiger partial charge >= 0.3 is 5.97 Å². The van der Waals surface area contributed by atoms with Gasteiger partial charge in [0.05, 0.1) is 11.8 Å². The second-order valence-electron chi connectivity index (χ2n) is 4.77.